The Labute approximate surface area is 117 Å². The van der Waals surface area contributed by atoms with E-state index in [9.17, 15) is 9.59 Å². The van der Waals surface area contributed by atoms with Gasteiger partial charge in [-0.2, -0.15) is 0 Å². The van der Waals surface area contributed by atoms with Gasteiger partial charge in [0, 0.05) is 30.9 Å². The molecular formula is C14H16ClNO3. The van der Waals surface area contributed by atoms with Crippen LogP contribution in [0, 0.1) is 0 Å². The summed E-state index contributed by atoms with van der Waals surface area (Å²) in [6.45, 7) is 1.91. The molecule has 1 rings (SSSR count). The quantitative estimate of drug-likeness (QED) is 0.274. The molecule has 19 heavy (non-hydrogen) atoms. The summed E-state index contributed by atoms with van der Waals surface area (Å²) in [5.74, 6) is -1.01. The lowest BCUT2D eigenvalue weighted by molar-refractivity contribution is -0.138. The molecule has 0 aliphatic carbocycles. The molecule has 0 saturated carbocycles. The highest BCUT2D eigenvalue weighted by atomic mass is 35.5. The van der Waals surface area contributed by atoms with Crippen molar-refractivity contribution in [1.29, 1.82) is 0 Å². The first-order valence-corrected chi connectivity index (χ1v) is 6.19. The first-order chi connectivity index (χ1) is 8.95. The van der Waals surface area contributed by atoms with E-state index in [0.717, 1.165) is 0 Å². The van der Waals surface area contributed by atoms with Crippen LogP contribution >= 0.6 is 11.6 Å². The topological polar surface area (TPSA) is 46.6 Å². The highest BCUT2D eigenvalue weighted by molar-refractivity contribution is 6.31. The first-order valence-electron chi connectivity index (χ1n) is 5.81. The number of ketones is 1. The lowest BCUT2D eigenvalue weighted by Crippen LogP contribution is -2.19. The fourth-order valence-corrected chi connectivity index (χ4v) is 1.55. The van der Waals surface area contributed by atoms with Crippen molar-refractivity contribution in [1.82, 2.24) is 4.90 Å². The minimum atomic E-state index is -0.629. The van der Waals surface area contributed by atoms with Gasteiger partial charge in [0.05, 0.1) is 6.61 Å². The van der Waals surface area contributed by atoms with Gasteiger partial charge < -0.3 is 9.64 Å². The number of carbonyl (C=O) groups excluding carboxylic acids is 2. The van der Waals surface area contributed by atoms with Gasteiger partial charge >= 0.3 is 5.97 Å². The zero-order chi connectivity index (χ0) is 14.4. The molecule has 0 aliphatic heterocycles. The third-order valence-corrected chi connectivity index (χ3v) is 2.49. The van der Waals surface area contributed by atoms with E-state index in [4.69, 9.17) is 16.3 Å². The number of halogens is 1. The van der Waals surface area contributed by atoms with Crippen molar-refractivity contribution in [2.24, 2.45) is 0 Å². The molecule has 0 bridgehead atoms. The molecule has 0 heterocycles. The van der Waals surface area contributed by atoms with E-state index in [1.807, 2.05) is 0 Å². The highest BCUT2D eigenvalue weighted by Crippen LogP contribution is 2.14. The monoisotopic (exact) mass is 281 g/mol. The van der Waals surface area contributed by atoms with E-state index in [2.05, 4.69) is 0 Å². The van der Waals surface area contributed by atoms with Crippen LogP contribution in [-0.2, 0) is 9.53 Å². The molecule has 0 amide bonds. The number of carbonyl (C=O) groups is 2. The summed E-state index contributed by atoms with van der Waals surface area (Å²) >= 11 is 5.77. The highest BCUT2D eigenvalue weighted by Gasteiger charge is 2.21. The predicted molar refractivity (Wildman–Crippen MR) is 74.2 cm³/mol. The van der Waals surface area contributed by atoms with Gasteiger partial charge in [0.15, 0.2) is 0 Å². The van der Waals surface area contributed by atoms with Gasteiger partial charge in [-0.25, -0.2) is 4.79 Å². The van der Waals surface area contributed by atoms with E-state index in [0.29, 0.717) is 10.6 Å². The van der Waals surface area contributed by atoms with Crippen molar-refractivity contribution in [3.05, 3.63) is 46.6 Å². The maximum Gasteiger partial charge on any atom is 0.343 e. The number of Topliss-reactive ketones (excluding diaryl/α,β-unsaturated/α-hetero) is 1. The van der Waals surface area contributed by atoms with Crippen LogP contribution in [0.5, 0.6) is 0 Å². The summed E-state index contributed by atoms with van der Waals surface area (Å²) < 4.78 is 4.89. The number of hydrogen-bond donors (Lipinski definition) is 0. The Bertz CT molecular complexity index is 492. The summed E-state index contributed by atoms with van der Waals surface area (Å²) in [4.78, 5) is 25.7. The fraction of sp³-hybridized carbons (Fsp3) is 0.286. The van der Waals surface area contributed by atoms with Gasteiger partial charge in [0.2, 0.25) is 5.78 Å². The molecule has 1 aromatic carbocycles. The van der Waals surface area contributed by atoms with Crippen molar-refractivity contribution in [3.63, 3.8) is 0 Å². The Morgan fingerprint density at radius 1 is 1.26 bits per heavy atom. The van der Waals surface area contributed by atoms with E-state index in [1.54, 1.807) is 50.2 Å². The Kier molecular flexibility index (Phi) is 5.57. The SMILES string of the molecule is CCOC(=O)C(=CN(C)C)C(=O)c1ccc(Cl)cc1. The maximum atomic E-state index is 12.3. The van der Waals surface area contributed by atoms with Crippen LogP contribution in [0.25, 0.3) is 0 Å². The van der Waals surface area contributed by atoms with Crippen molar-refractivity contribution in [2.75, 3.05) is 20.7 Å². The van der Waals surface area contributed by atoms with Crippen molar-refractivity contribution in [2.45, 2.75) is 6.92 Å². The van der Waals surface area contributed by atoms with Crippen LogP contribution < -0.4 is 0 Å². The third kappa shape index (κ3) is 4.41. The average Bonchev–Trinajstić information content (AvgIpc) is 2.36. The van der Waals surface area contributed by atoms with E-state index in [-0.39, 0.29) is 18.0 Å². The van der Waals surface area contributed by atoms with Gasteiger partial charge in [-0.3, -0.25) is 4.79 Å². The second-order valence-corrected chi connectivity index (χ2v) is 4.50. The number of hydrogen-bond acceptors (Lipinski definition) is 4. The molecule has 1 aromatic rings. The van der Waals surface area contributed by atoms with E-state index in [1.165, 1.54) is 6.20 Å². The molecular weight excluding hydrogens is 266 g/mol. The van der Waals surface area contributed by atoms with Crippen LogP contribution in [0.2, 0.25) is 5.02 Å². The van der Waals surface area contributed by atoms with Crippen LogP contribution in [0.1, 0.15) is 17.3 Å². The van der Waals surface area contributed by atoms with Gasteiger partial charge in [0.25, 0.3) is 0 Å². The van der Waals surface area contributed by atoms with E-state index < -0.39 is 5.97 Å². The lowest BCUT2D eigenvalue weighted by Gasteiger charge is -2.10. The second-order valence-electron chi connectivity index (χ2n) is 4.06. The van der Waals surface area contributed by atoms with Gasteiger partial charge in [-0.05, 0) is 31.2 Å². The molecule has 0 radical (unpaired) electrons. The summed E-state index contributed by atoms with van der Waals surface area (Å²) in [6, 6.07) is 6.36. The van der Waals surface area contributed by atoms with Crippen molar-refractivity contribution >= 4 is 23.4 Å². The van der Waals surface area contributed by atoms with Crippen molar-refractivity contribution < 1.29 is 14.3 Å². The number of ether oxygens (including phenoxy) is 1. The summed E-state index contributed by atoms with van der Waals surface area (Å²) in [5, 5.41) is 0.533. The molecule has 0 fully saturated rings. The molecule has 0 aliphatic rings. The molecule has 102 valence electrons. The predicted octanol–water partition coefficient (Wildman–Crippen LogP) is 2.53. The zero-order valence-electron chi connectivity index (χ0n) is 11.1. The maximum absolute atomic E-state index is 12.3. The van der Waals surface area contributed by atoms with Gasteiger partial charge in [-0.1, -0.05) is 11.6 Å². The van der Waals surface area contributed by atoms with Crippen LogP contribution in [0.4, 0.5) is 0 Å². The number of benzene rings is 1. The number of rotatable bonds is 5. The second kappa shape index (κ2) is 6.95. The number of nitrogens with zero attached hydrogens (tertiary/aromatic N) is 1. The van der Waals surface area contributed by atoms with Gasteiger partial charge in [0.1, 0.15) is 5.57 Å². The fourth-order valence-electron chi connectivity index (χ4n) is 1.43. The largest absolute Gasteiger partial charge is 0.462 e. The summed E-state index contributed by atoms with van der Waals surface area (Å²) in [5.41, 5.74) is 0.389. The number of esters is 1. The Morgan fingerprint density at radius 3 is 2.32 bits per heavy atom. The normalized spacial score (nSPS) is 11.1. The summed E-state index contributed by atoms with van der Waals surface area (Å²) in [7, 11) is 3.46. The molecule has 4 nitrogen and oxygen atoms in total. The van der Waals surface area contributed by atoms with Crippen LogP contribution in [0.3, 0.4) is 0 Å². The molecule has 0 aromatic heterocycles. The minimum absolute atomic E-state index is 0.00540. The molecule has 0 N–H and O–H groups in total. The Morgan fingerprint density at radius 2 is 1.84 bits per heavy atom. The molecule has 0 unspecified atom stereocenters. The minimum Gasteiger partial charge on any atom is -0.462 e. The lowest BCUT2D eigenvalue weighted by atomic mass is 10.0. The first kappa shape index (κ1) is 15.2. The standard InChI is InChI=1S/C14H16ClNO3/c1-4-19-14(18)12(9-16(2)3)13(17)10-5-7-11(15)8-6-10/h5-9H,4H2,1-3H3. The zero-order valence-corrected chi connectivity index (χ0v) is 11.9. The smallest absolute Gasteiger partial charge is 0.343 e. The van der Waals surface area contributed by atoms with Gasteiger partial charge in [-0.15, -0.1) is 0 Å². The van der Waals surface area contributed by atoms with Crippen LogP contribution in [0.15, 0.2) is 36.0 Å². The Hall–Kier alpha value is -1.81. The molecule has 0 spiro atoms. The van der Waals surface area contributed by atoms with Crippen LogP contribution in [-0.4, -0.2) is 37.4 Å². The summed E-state index contributed by atoms with van der Waals surface area (Å²) in [6.07, 6.45) is 1.45. The molecule has 5 heteroatoms. The van der Waals surface area contributed by atoms with Crippen molar-refractivity contribution in [3.8, 4) is 0 Å². The Balaban J connectivity index is 3.08. The molecule has 0 atom stereocenters. The average molecular weight is 282 g/mol. The third-order valence-electron chi connectivity index (χ3n) is 2.23. The van der Waals surface area contributed by atoms with E-state index >= 15 is 0 Å². The molecule has 0 saturated heterocycles.